The molecule has 7 aromatic rings. The molecule has 0 saturated heterocycles. The van der Waals surface area contributed by atoms with Crippen molar-refractivity contribution < 1.29 is 0 Å². The summed E-state index contributed by atoms with van der Waals surface area (Å²) in [4.78, 5) is 5.05. The number of fused-ring (bicyclic) bond motifs is 7. The molecular formula is C36H36N2. The average molecular weight is 497 g/mol. The third-order valence-corrected chi connectivity index (χ3v) is 8.02. The van der Waals surface area contributed by atoms with Gasteiger partial charge in [-0.3, -0.25) is 4.98 Å². The number of aryl methyl sites for hydroxylation is 1. The Hall–Kier alpha value is -3.65. The van der Waals surface area contributed by atoms with Crippen LogP contribution in [0.3, 0.4) is 0 Å². The predicted octanol–water partition coefficient (Wildman–Crippen LogP) is 10.0. The molecule has 7 rings (SSSR count). The van der Waals surface area contributed by atoms with Crippen LogP contribution in [0.25, 0.3) is 59.8 Å². The van der Waals surface area contributed by atoms with Crippen LogP contribution in [-0.4, -0.2) is 9.38 Å². The summed E-state index contributed by atoms with van der Waals surface area (Å²) < 4.78 is 2.60. The lowest BCUT2D eigenvalue weighted by molar-refractivity contribution is 0.411. The van der Waals surface area contributed by atoms with Crippen molar-refractivity contribution in [3.05, 3.63) is 83.6 Å². The van der Waals surface area contributed by atoms with Gasteiger partial charge in [0.25, 0.3) is 0 Å². The number of pyridine rings is 2. The Bertz CT molecular complexity index is 2040. The van der Waals surface area contributed by atoms with E-state index in [0.717, 1.165) is 18.4 Å². The van der Waals surface area contributed by atoms with E-state index in [-0.39, 0.29) is 10.8 Å². The lowest BCUT2D eigenvalue weighted by atomic mass is 9.84. The van der Waals surface area contributed by atoms with E-state index in [0.29, 0.717) is 0 Å². The van der Waals surface area contributed by atoms with Gasteiger partial charge in [0.15, 0.2) is 0 Å². The van der Waals surface area contributed by atoms with E-state index in [9.17, 15) is 0 Å². The van der Waals surface area contributed by atoms with Gasteiger partial charge in [-0.1, -0.05) is 89.6 Å². The van der Waals surface area contributed by atoms with Gasteiger partial charge in [-0.05, 0) is 76.1 Å². The molecular weight excluding hydrogens is 460 g/mol. The molecule has 0 saturated carbocycles. The fourth-order valence-corrected chi connectivity index (χ4v) is 6.69. The number of aromatic nitrogens is 2. The molecule has 3 aromatic heterocycles. The molecule has 0 aliphatic rings. The second-order valence-electron chi connectivity index (χ2n) is 13.9. The fourth-order valence-electron chi connectivity index (χ4n) is 6.69. The van der Waals surface area contributed by atoms with E-state index in [2.05, 4.69) is 114 Å². The van der Waals surface area contributed by atoms with Crippen molar-refractivity contribution in [3.8, 4) is 0 Å². The predicted molar refractivity (Wildman–Crippen MR) is 165 cm³/mol. The van der Waals surface area contributed by atoms with Crippen molar-refractivity contribution in [2.75, 3.05) is 0 Å². The molecule has 0 fully saturated rings. The van der Waals surface area contributed by atoms with E-state index in [1.165, 1.54) is 70.9 Å². The Morgan fingerprint density at radius 2 is 1.39 bits per heavy atom. The van der Waals surface area contributed by atoms with Crippen molar-refractivity contribution in [1.29, 1.82) is 0 Å². The van der Waals surface area contributed by atoms with Crippen LogP contribution in [0.15, 0.2) is 66.9 Å². The van der Waals surface area contributed by atoms with Gasteiger partial charge < -0.3 is 4.40 Å². The smallest absolute Gasteiger partial charge is 0.0823 e. The van der Waals surface area contributed by atoms with Crippen LogP contribution in [0.1, 0.15) is 58.2 Å². The molecule has 0 amide bonds. The Balaban J connectivity index is 1.79. The summed E-state index contributed by atoms with van der Waals surface area (Å²) in [6, 6.07) is 23.2. The van der Waals surface area contributed by atoms with Crippen LogP contribution in [0.4, 0.5) is 0 Å². The first-order valence-electron chi connectivity index (χ1n) is 13.9. The van der Waals surface area contributed by atoms with Crippen molar-refractivity contribution in [2.24, 2.45) is 10.8 Å². The van der Waals surface area contributed by atoms with Gasteiger partial charge in [0.1, 0.15) is 0 Å². The van der Waals surface area contributed by atoms with Crippen LogP contribution in [0.5, 0.6) is 0 Å². The monoisotopic (exact) mass is 496 g/mol. The molecule has 0 bridgehead atoms. The van der Waals surface area contributed by atoms with Crippen LogP contribution in [-0.2, 0) is 12.8 Å². The maximum absolute atomic E-state index is 5.05. The summed E-state index contributed by atoms with van der Waals surface area (Å²) in [5.74, 6) is 0. The first kappa shape index (κ1) is 23.5. The molecule has 0 atom stereocenters. The molecule has 0 aliphatic heterocycles. The van der Waals surface area contributed by atoms with Gasteiger partial charge in [0, 0.05) is 27.7 Å². The van der Waals surface area contributed by atoms with Gasteiger partial charge in [-0.2, -0.15) is 0 Å². The number of hydrogen-bond acceptors (Lipinski definition) is 1. The van der Waals surface area contributed by atoms with Crippen molar-refractivity contribution in [2.45, 2.75) is 61.3 Å². The van der Waals surface area contributed by atoms with Crippen molar-refractivity contribution >= 4 is 59.8 Å². The van der Waals surface area contributed by atoms with Crippen LogP contribution in [0, 0.1) is 17.8 Å². The van der Waals surface area contributed by atoms with E-state index in [1.54, 1.807) is 0 Å². The quantitative estimate of drug-likeness (QED) is 0.172. The zero-order valence-corrected chi connectivity index (χ0v) is 23.7. The highest BCUT2D eigenvalue weighted by Gasteiger charge is 2.24. The molecule has 3 heterocycles. The van der Waals surface area contributed by atoms with Gasteiger partial charge in [0.2, 0.25) is 0 Å². The second-order valence-corrected chi connectivity index (χ2v) is 13.9. The molecule has 38 heavy (non-hydrogen) atoms. The van der Waals surface area contributed by atoms with Gasteiger partial charge in [-0.15, -0.1) is 0 Å². The topological polar surface area (TPSA) is 17.3 Å². The highest BCUT2D eigenvalue weighted by atomic mass is 14.9. The summed E-state index contributed by atoms with van der Waals surface area (Å²) in [5.41, 5.74) is 9.57. The summed E-state index contributed by atoms with van der Waals surface area (Å²) >= 11 is 0. The van der Waals surface area contributed by atoms with Crippen molar-refractivity contribution in [3.63, 3.8) is 0 Å². The highest BCUT2D eigenvalue weighted by molar-refractivity contribution is 6.28. The minimum atomic E-state index is 0.141. The molecule has 0 unspecified atom stereocenters. The minimum absolute atomic E-state index is 0.141. The zero-order chi connectivity index (χ0) is 26.6. The SMILES string of the molecule is Cc1ccc2cc3c4nccc5ccc6c7ccc(CC(C)(C)C)cc7n(c3c(CC(C)(C)C)c2c1)c6c54. The molecule has 0 spiro atoms. The van der Waals surface area contributed by atoms with E-state index < -0.39 is 0 Å². The maximum Gasteiger partial charge on any atom is 0.0823 e. The Kier molecular flexibility index (Phi) is 4.75. The third-order valence-electron chi connectivity index (χ3n) is 8.02. The first-order valence-corrected chi connectivity index (χ1v) is 13.9. The molecule has 4 aromatic carbocycles. The molecule has 0 radical (unpaired) electrons. The minimum Gasteiger partial charge on any atom is -0.308 e. The van der Waals surface area contributed by atoms with Gasteiger partial charge >= 0.3 is 0 Å². The lowest BCUT2D eigenvalue weighted by Gasteiger charge is -2.23. The van der Waals surface area contributed by atoms with Crippen LogP contribution < -0.4 is 0 Å². The zero-order valence-electron chi connectivity index (χ0n) is 23.7. The van der Waals surface area contributed by atoms with Crippen LogP contribution >= 0.6 is 0 Å². The Labute approximate surface area is 224 Å². The number of benzene rings is 4. The highest BCUT2D eigenvalue weighted by Crippen LogP contribution is 2.44. The van der Waals surface area contributed by atoms with Crippen molar-refractivity contribution in [1.82, 2.24) is 9.38 Å². The Morgan fingerprint density at radius 3 is 2.16 bits per heavy atom. The first-order chi connectivity index (χ1) is 18.0. The maximum atomic E-state index is 5.05. The summed E-state index contributed by atoms with van der Waals surface area (Å²) in [5, 5.41) is 9.10. The van der Waals surface area contributed by atoms with E-state index in [1.807, 2.05) is 6.20 Å². The summed E-state index contributed by atoms with van der Waals surface area (Å²) in [6.45, 7) is 16.3. The standard InChI is InChI=1S/C36H36N2/c1-21-8-10-24-18-28-32-31-23(14-15-37-32)11-13-26-25-12-9-22(19-35(2,3)4)17-30(25)38(34(26)31)33(28)29(27(24)16-21)20-36(5,6)7/h8-18H,19-20H2,1-7H3. The molecule has 190 valence electrons. The third kappa shape index (κ3) is 3.50. The summed E-state index contributed by atoms with van der Waals surface area (Å²) in [6.07, 6.45) is 4.03. The second kappa shape index (κ2) is 7.69. The number of nitrogens with zero attached hydrogens (tertiary/aromatic N) is 2. The van der Waals surface area contributed by atoms with Crippen LogP contribution in [0.2, 0.25) is 0 Å². The van der Waals surface area contributed by atoms with Gasteiger partial charge in [0.05, 0.1) is 22.1 Å². The molecule has 2 heteroatoms. The molecule has 2 nitrogen and oxygen atoms in total. The van der Waals surface area contributed by atoms with E-state index >= 15 is 0 Å². The molecule has 0 N–H and O–H groups in total. The lowest BCUT2D eigenvalue weighted by Crippen LogP contribution is -2.11. The average Bonchev–Trinajstić information content (AvgIpc) is 3.16. The van der Waals surface area contributed by atoms with E-state index in [4.69, 9.17) is 4.98 Å². The largest absolute Gasteiger partial charge is 0.308 e. The fraction of sp³-hybridized carbons (Fsp3) is 0.306. The number of hydrogen-bond donors (Lipinski definition) is 0. The Morgan fingerprint density at radius 1 is 0.658 bits per heavy atom. The molecule has 0 aliphatic carbocycles. The summed E-state index contributed by atoms with van der Waals surface area (Å²) in [7, 11) is 0. The van der Waals surface area contributed by atoms with Gasteiger partial charge in [-0.25, -0.2) is 0 Å². The number of rotatable bonds is 2. The normalized spacial score (nSPS) is 13.3.